The highest BCUT2D eigenvalue weighted by Gasteiger charge is 2.46. The van der Waals surface area contributed by atoms with Gasteiger partial charge in [0, 0.05) is 28.4 Å². The van der Waals surface area contributed by atoms with Gasteiger partial charge >= 0.3 is 0 Å². The molecule has 4 rings (SSSR count). The van der Waals surface area contributed by atoms with Crippen LogP contribution in [0.5, 0.6) is 11.5 Å². The summed E-state index contributed by atoms with van der Waals surface area (Å²) in [6, 6.07) is 19.5. The van der Waals surface area contributed by atoms with Crippen molar-refractivity contribution in [1.82, 2.24) is 0 Å². The van der Waals surface area contributed by atoms with Crippen molar-refractivity contribution in [3.8, 4) is 11.5 Å². The van der Waals surface area contributed by atoms with E-state index in [-0.39, 0.29) is 5.75 Å². The molecule has 0 radical (unpaired) electrons. The van der Waals surface area contributed by atoms with Crippen molar-refractivity contribution in [1.29, 1.82) is 0 Å². The summed E-state index contributed by atoms with van der Waals surface area (Å²) < 4.78 is 47.3. The first-order valence-electron chi connectivity index (χ1n) is 10.1. The van der Waals surface area contributed by atoms with Crippen molar-refractivity contribution in [2.75, 3.05) is 0 Å². The molecule has 3 aromatic rings. The molecule has 2 N–H and O–H groups in total. The average Bonchev–Trinajstić information content (AvgIpc) is 2.79. The number of rotatable bonds is 5. The van der Waals surface area contributed by atoms with Crippen molar-refractivity contribution in [2.24, 2.45) is 0 Å². The number of hydrogen-bond donors (Lipinski definition) is 2. The Hall–Kier alpha value is -2.69. The van der Waals surface area contributed by atoms with Crippen LogP contribution in [0.15, 0.2) is 72.8 Å². The minimum Gasteiger partial charge on any atom is -0.504 e. The second-order valence-electron chi connectivity index (χ2n) is 7.71. The number of ether oxygens (including phenoxy) is 1. The first kappa shape index (κ1) is 21.5. The summed E-state index contributed by atoms with van der Waals surface area (Å²) in [7, 11) is -3.25. The predicted octanol–water partition coefficient (Wildman–Crippen LogP) is 4.35. The molecular weight excluding hydrogens is 421 g/mol. The lowest BCUT2D eigenvalue weighted by Crippen LogP contribution is -2.47. The highest BCUT2D eigenvalue weighted by Crippen LogP contribution is 2.54. The van der Waals surface area contributed by atoms with Crippen molar-refractivity contribution in [3.05, 3.63) is 84.4 Å². The van der Waals surface area contributed by atoms with E-state index in [1.54, 1.807) is 24.3 Å². The molecule has 0 spiro atoms. The molecule has 162 valence electrons. The van der Waals surface area contributed by atoms with Crippen LogP contribution in [0.25, 0.3) is 0 Å². The maximum Gasteiger partial charge on any atom is 0.164 e. The lowest BCUT2D eigenvalue weighted by molar-refractivity contribution is 0.00808. The third-order valence-corrected chi connectivity index (χ3v) is 9.42. The number of hydrogen-bond acceptors (Lipinski definition) is 4. The number of aromatic hydroxyl groups is 1. The smallest absolute Gasteiger partial charge is 0.164 e. The maximum absolute atomic E-state index is 14.6. The summed E-state index contributed by atoms with van der Waals surface area (Å²) in [6.45, 7) is 0. The summed E-state index contributed by atoms with van der Waals surface area (Å²) in [4.78, 5) is 0. The van der Waals surface area contributed by atoms with E-state index in [9.17, 15) is 23.6 Å². The van der Waals surface area contributed by atoms with Crippen LogP contribution in [0.4, 0.5) is 8.78 Å². The average molecular weight is 444 g/mol. The van der Waals surface area contributed by atoms with Crippen molar-refractivity contribution in [2.45, 2.75) is 37.1 Å². The highest BCUT2D eigenvalue weighted by molar-refractivity contribution is 7.79. The van der Waals surface area contributed by atoms with E-state index in [4.69, 9.17) is 4.74 Å². The van der Waals surface area contributed by atoms with Gasteiger partial charge in [-0.25, -0.2) is 8.78 Å². The van der Waals surface area contributed by atoms with Crippen LogP contribution in [-0.2, 0) is 4.57 Å². The largest absolute Gasteiger partial charge is 0.504 e. The van der Waals surface area contributed by atoms with Crippen LogP contribution in [0, 0.1) is 11.6 Å². The van der Waals surface area contributed by atoms with E-state index in [0.29, 0.717) is 35.9 Å². The summed E-state index contributed by atoms with van der Waals surface area (Å²) >= 11 is 0. The lowest BCUT2D eigenvalue weighted by Gasteiger charge is -2.39. The van der Waals surface area contributed by atoms with Gasteiger partial charge in [0.25, 0.3) is 0 Å². The summed E-state index contributed by atoms with van der Waals surface area (Å²) in [5.74, 6) is -3.15. The SMILES string of the molecule is O=P(c1ccccc1)(c1ccccc1)[C@H]1CCC[C@@H](Oc2cc(F)c(F)cc2O)C1O. The predicted molar refractivity (Wildman–Crippen MR) is 116 cm³/mol. The molecule has 0 heterocycles. The zero-order valence-electron chi connectivity index (χ0n) is 16.7. The molecule has 1 aliphatic carbocycles. The molecule has 4 nitrogen and oxygen atoms in total. The molecule has 0 aromatic heterocycles. The molecule has 3 atom stereocenters. The number of aliphatic hydroxyl groups is 1. The van der Waals surface area contributed by atoms with Crippen LogP contribution >= 0.6 is 7.14 Å². The molecule has 1 unspecified atom stereocenters. The minimum atomic E-state index is -3.25. The molecule has 1 fully saturated rings. The molecule has 1 saturated carbocycles. The Morgan fingerprint density at radius 1 is 0.871 bits per heavy atom. The van der Waals surface area contributed by atoms with Gasteiger partial charge in [-0.05, 0) is 19.3 Å². The summed E-state index contributed by atoms with van der Waals surface area (Å²) in [5.41, 5.74) is -0.622. The Morgan fingerprint density at radius 2 is 1.42 bits per heavy atom. The van der Waals surface area contributed by atoms with Gasteiger partial charge in [0.1, 0.15) is 19.3 Å². The first-order chi connectivity index (χ1) is 14.9. The Bertz CT molecular complexity index is 1050. The van der Waals surface area contributed by atoms with E-state index >= 15 is 0 Å². The topological polar surface area (TPSA) is 66.8 Å². The quantitative estimate of drug-likeness (QED) is 0.575. The van der Waals surface area contributed by atoms with E-state index in [1.807, 2.05) is 36.4 Å². The van der Waals surface area contributed by atoms with E-state index in [2.05, 4.69) is 0 Å². The van der Waals surface area contributed by atoms with Gasteiger partial charge in [0.15, 0.2) is 23.1 Å². The van der Waals surface area contributed by atoms with Crippen LogP contribution in [0.2, 0.25) is 0 Å². The Balaban J connectivity index is 1.70. The molecule has 3 aromatic carbocycles. The highest BCUT2D eigenvalue weighted by atomic mass is 31.2. The third kappa shape index (κ3) is 4.10. The maximum atomic E-state index is 14.6. The van der Waals surface area contributed by atoms with Gasteiger partial charge in [0.05, 0.1) is 0 Å². The number of aliphatic hydroxyl groups excluding tert-OH is 1. The van der Waals surface area contributed by atoms with E-state index in [1.165, 1.54) is 0 Å². The summed E-state index contributed by atoms with van der Waals surface area (Å²) in [5, 5.41) is 22.4. The second kappa shape index (κ2) is 8.81. The normalized spacial score (nSPS) is 21.6. The molecule has 0 amide bonds. The number of benzene rings is 3. The van der Waals surface area contributed by atoms with Gasteiger partial charge in [-0.2, -0.15) is 0 Å². The van der Waals surface area contributed by atoms with Crippen molar-refractivity contribution in [3.63, 3.8) is 0 Å². The van der Waals surface area contributed by atoms with E-state index in [0.717, 1.165) is 6.07 Å². The zero-order chi connectivity index (χ0) is 22.0. The molecule has 0 bridgehead atoms. The Labute approximate surface area is 179 Å². The van der Waals surface area contributed by atoms with Crippen molar-refractivity contribution < 1.29 is 28.3 Å². The van der Waals surface area contributed by atoms with Gasteiger partial charge < -0.3 is 19.5 Å². The number of phenolic OH excluding ortho intramolecular Hbond substituents is 1. The summed E-state index contributed by atoms with van der Waals surface area (Å²) in [6.07, 6.45) is -0.380. The van der Waals surface area contributed by atoms with Crippen molar-refractivity contribution >= 4 is 17.8 Å². The van der Waals surface area contributed by atoms with Crippen LogP contribution in [-0.4, -0.2) is 28.1 Å². The first-order valence-corrected chi connectivity index (χ1v) is 11.9. The molecule has 7 heteroatoms. The second-order valence-corrected chi connectivity index (χ2v) is 10.7. The van der Waals surface area contributed by atoms with Gasteiger partial charge in [-0.3, -0.25) is 0 Å². The fourth-order valence-corrected chi connectivity index (χ4v) is 7.71. The minimum absolute atomic E-state index is 0.252. The third-order valence-electron chi connectivity index (χ3n) is 5.79. The zero-order valence-corrected chi connectivity index (χ0v) is 17.6. The van der Waals surface area contributed by atoms with Gasteiger partial charge in [0.2, 0.25) is 0 Å². The molecule has 0 aliphatic heterocycles. The Kier molecular flexibility index (Phi) is 6.12. The molecule has 1 aliphatic rings. The van der Waals surface area contributed by atoms with E-state index < -0.39 is 42.4 Å². The van der Waals surface area contributed by atoms with Gasteiger partial charge in [-0.1, -0.05) is 60.7 Å². The fourth-order valence-electron chi connectivity index (χ4n) is 4.25. The molecule has 0 saturated heterocycles. The monoisotopic (exact) mass is 444 g/mol. The molecule has 31 heavy (non-hydrogen) atoms. The molecular formula is C24H23F2O4P. The van der Waals surface area contributed by atoms with Crippen LogP contribution in [0.1, 0.15) is 19.3 Å². The fraction of sp³-hybridized carbons (Fsp3) is 0.250. The Morgan fingerprint density at radius 3 is 2.00 bits per heavy atom. The lowest BCUT2D eigenvalue weighted by atomic mass is 9.94. The number of halogens is 2. The number of phenols is 1. The van der Waals surface area contributed by atoms with Crippen LogP contribution in [0.3, 0.4) is 0 Å². The van der Waals surface area contributed by atoms with Crippen LogP contribution < -0.4 is 15.3 Å². The van der Waals surface area contributed by atoms with Gasteiger partial charge in [-0.15, -0.1) is 0 Å². The standard InChI is InChI=1S/C24H23F2O4P/c25-18-14-20(27)22(15-19(18)26)30-21-12-7-13-23(24(21)28)31(29,16-8-3-1-4-9-16)17-10-5-2-6-11-17/h1-6,8-11,14-15,21,23-24,27-28H,7,12-13H2/t21-,23+,24?/m1/s1.